The number of hydrogen-bond acceptors (Lipinski definition) is 7. The van der Waals surface area contributed by atoms with Crippen LogP contribution in [0.3, 0.4) is 0 Å². The molecule has 0 unspecified atom stereocenters. The van der Waals surface area contributed by atoms with E-state index in [1.807, 2.05) is 37.4 Å². The number of imidazole rings is 1. The van der Waals surface area contributed by atoms with Gasteiger partial charge in [0.05, 0.1) is 15.7 Å². The van der Waals surface area contributed by atoms with Gasteiger partial charge in [0.15, 0.2) is 5.65 Å². The van der Waals surface area contributed by atoms with Gasteiger partial charge in [0.25, 0.3) is 0 Å². The molecule has 5 aromatic rings. The number of anilines is 3. The van der Waals surface area contributed by atoms with Crippen molar-refractivity contribution in [2.75, 3.05) is 17.2 Å². The van der Waals surface area contributed by atoms with Crippen LogP contribution in [0.25, 0.3) is 21.4 Å². The molecule has 152 valence electrons. The highest BCUT2D eigenvalue weighted by molar-refractivity contribution is 7.17. The number of hydrogen-bond donors (Lipinski definition) is 3. The largest absolute Gasteiger partial charge is 0.368 e. The van der Waals surface area contributed by atoms with Gasteiger partial charge >= 0.3 is 0 Å². The first-order valence-corrected chi connectivity index (χ1v) is 10.8. The van der Waals surface area contributed by atoms with Crippen molar-refractivity contribution in [1.29, 1.82) is 0 Å². The Morgan fingerprint density at radius 3 is 2.70 bits per heavy atom. The van der Waals surface area contributed by atoms with Gasteiger partial charge in [-0.1, -0.05) is 26.0 Å². The average molecular weight is 418 g/mol. The smallest absolute Gasteiger partial charge is 0.207 e. The van der Waals surface area contributed by atoms with Gasteiger partial charge in [-0.25, -0.2) is 15.0 Å². The standard InChI is InChI=1S/C20H17N7S.C2H6/c1-2-16-18(21-9-1)27-20(26-16)25-14-5-3-13(4-6-14)7-10-22-19-17-15(8-11-28-17)23-12-24-19;1-2/h1-6,8-9,11-12H,7,10H2,(H,22,23,24)(H2,21,25,26,27);1-2H3. The molecule has 0 amide bonds. The lowest BCUT2D eigenvalue weighted by Crippen LogP contribution is -2.06. The molecule has 0 fully saturated rings. The maximum Gasteiger partial charge on any atom is 0.207 e. The zero-order valence-corrected chi connectivity index (χ0v) is 17.7. The molecule has 5 rings (SSSR count). The van der Waals surface area contributed by atoms with Crippen LogP contribution in [0.5, 0.6) is 0 Å². The van der Waals surface area contributed by atoms with Crippen molar-refractivity contribution in [2.45, 2.75) is 20.3 Å². The Kier molecular flexibility index (Phi) is 6.14. The Morgan fingerprint density at radius 2 is 1.87 bits per heavy atom. The molecule has 3 N–H and O–H groups in total. The van der Waals surface area contributed by atoms with E-state index in [1.54, 1.807) is 23.9 Å². The van der Waals surface area contributed by atoms with Gasteiger partial charge in [-0.05, 0) is 47.7 Å². The number of aromatic amines is 1. The predicted molar refractivity (Wildman–Crippen MR) is 125 cm³/mol. The predicted octanol–water partition coefficient (Wildman–Crippen LogP) is 5.39. The monoisotopic (exact) mass is 417 g/mol. The van der Waals surface area contributed by atoms with Crippen LogP contribution >= 0.6 is 11.3 Å². The van der Waals surface area contributed by atoms with E-state index in [0.717, 1.165) is 40.2 Å². The summed E-state index contributed by atoms with van der Waals surface area (Å²) >= 11 is 1.66. The SMILES string of the molecule is CC.c1cnc2nc(Nc3ccc(CCNc4ncnc5ccsc45)cc3)[nH]c2c1. The first kappa shape index (κ1) is 19.8. The fourth-order valence-corrected chi connectivity index (χ4v) is 3.85. The van der Waals surface area contributed by atoms with Crippen molar-refractivity contribution in [3.8, 4) is 0 Å². The number of nitrogens with one attached hydrogen (secondary N) is 3. The molecule has 8 heteroatoms. The van der Waals surface area contributed by atoms with E-state index in [2.05, 4.69) is 59.8 Å². The Hall–Kier alpha value is -3.52. The van der Waals surface area contributed by atoms with E-state index >= 15 is 0 Å². The first-order chi connectivity index (χ1) is 14.8. The van der Waals surface area contributed by atoms with Gasteiger partial charge in [0.1, 0.15) is 12.1 Å². The average Bonchev–Trinajstić information content (AvgIpc) is 3.43. The number of thiophene rings is 1. The van der Waals surface area contributed by atoms with Crippen LogP contribution in [0, 0.1) is 0 Å². The number of benzene rings is 1. The maximum atomic E-state index is 4.44. The van der Waals surface area contributed by atoms with Crippen molar-refractivity contribution in [2.24, 2.45) is 0 Å². The van der Waals surface area contributed by atoms with Crippen LogP contribution in [0.4, 0.5) is 17.5 Å². The lowest BCUT2D eigenvalue weighted by Gasteiger charge is -2.07. The molecule has 0 aliphatic rings. The highest BCUT2D eigenvalue weighted by atomic mass is 32.1. The molecule has 0 spiro atoms. The van der Waals surface area contributed by atoms with Crippen molar-refractivity contribution in [1.82, 2.24) is 24.9 Å². The summed E-state index contributed by atoms with van der Waals surface area (Å²) < 4.78 is 1.10. The zero-order valence-electron chi connectivity index (χ0n) is 16.9. The van der Waals surface area contributed by atoms with Gasteiger partial charge in [-0.2, -0.15) is 4.98 Å². The molecule has 7 nitrogen and oxygen atoms in total. The Bertz CT molecular complexity index is 1190. The first-order valence-electron chi connectivity index (χ1n) is 9.94. The third-order valence-electron chi connectivity index (χ3n) is 4.42. The summed E-state index contributed by atoms with van der Waals surface area (Å²) in [5.41, 5.74) is 4.83. The summed E-state index contributed by atoms with van der Waals surface area (Å²) in [7, 11) is 0. The number of aromatic nitrogens is 5. The van der Waals surface area contributed by atoms with Gasteiger partial charge in [0, 0.05) is 18.4 Å². The lowest BCUT2D eigenvalue weighted by atomic mass is 10.1. The minimum Gasteiger partial charge on any atom is -0.368 e. The number of pyridine rings is 1. The van der Waals surface area contributed by atoms with E-state index in [1.165, 1.54) is 5.56 Å². The molecular formula is C22H23N7S. The lowest BCUT2D eigenvalue weighted by molar-refractivity contribution is 1.01. The summed E-state index contributed by atoms with van der Waals surface area (Å²) in [6.45, 7) is 4.81. The molecule has 1 aromatic carbocycles. The van der Waals surface area contributed by atoms with Gasteiger partial charge in [-0.15, -0.1) is 11.3 Å². The summed E-state index contributed by atoms with van der Waals surface area (Å²) in [5, 5.41) is 8.73. The van der Waals surface area contributed by atoms with Gasteiger partial charge < -0.3 is 15.6 Å². The number of nitrogens with zero attached hydrogens (tertiary/aromatic N) is 4. The van der Waals surface area contributed by atoms with Crippen LogP contribution in [-0.2, 0) is 6.42 Å². The highest BCUT2D eigenvalue weighted by Gasteiger charge is 2.05. The second-order valence-electron chi connectivity index (χ2n) is 6.32. The van der Waals surface area contributed by atoms with E-state index in [4.69, 9.17) is 0 Å². The van der Waals surface area contributed by atoms with Crippen LogP contribution in [0.1, 0.15) is 19.4 Å². The summed E-state index contributed by atoms with van der Waals surface area (Å²) in [5.74, 6) is 1.59. The summed E-state index contributed by atoms with van der Waals surface area (Å²) in [6.07, 6.45) is 4.25. The molecule has 0 aliphatic carbocycles. The summed E-state index contributed by atoms with van der Waals surface area (Å²) in [6, 6.07) is 14.2. The maximum absolute atomic E-state index is 4.44. The van der Waals surface area contributed by atoms with E-state index < -0.39 is 0 Å². The summed E-state index contributed by atoms with van der Waals surface area (Å²) in [4.78, 5) is 20.5. The fourth-order valence-electron chi connectivity index (χ4n) is 3.04. The minimum atomic E-state index is 0.687. The molecule has 0 atom stereocenters. The molecule has 0 bridgehead atoms. The molecule has 0 saturated carbocycles. The normalized spacial score (nSPS) is 10.6. The quantitative estimate of drug-likeness (QED) is 0.343. The third-order valence-corrected chi connectivity index (χ3v) is 5.33. The van der Waals surface area contributed by atoms with Crippen molar-refractivity contribution in [3.05, 3.63) is 65.9 Å². The Balaban J connectivity index is 0.00000106. The third kappa shape index (κ3) is 4.38. The second-order valence-corrected chi connectivity index (χ2v) is 7.23. The van der Waals surface area contributed by atoms with Crippen LogP contribution in [0.15, 0.2) is 60.4 Å². The van der Waals surface area contributed by atoms with Gasteiger partial charge in [-0.3, -0.25) is 0 Å². The molecular weight excluding hydrogens is 394 g/mol. The Labute approximate surface area is 178 Å². The number of H-pyrrole nitrogens is 1. The van der Waals surface area contributed by atoms with Crippen LogP contribution < -0.4 is 10.6 Å². The topological polar surface area (TPSA) is 91.4 Å². The molecule has 0 saturated heterocycles. The fraction of sp³-hybridized carbons (Fsp3) is 0.182. The van der Waals surface area contributed by atoms with E-state index in [-0.39, 0.29) is 0 Å². The molecule has 0 radical (unpaired) electrons. The molecule has 4 heterocycles. The molecule has 4 aromatic heterocycles. The zero-order chi connectivity index (χ0) is 20.8. The number of fused-ring (bicyclic) bond motifs is 2. The highest BCUT2D eigenvalue weighted by Crippen LogP contribution is 2.24. The van der Waals surface area contributed by atoms with Crippen LogP contribution in [0.2, 0.25) is 0 Å². The van der Waals surface area contributed by atoms with Crippen molar-refractivity contribution >= 4 is 50.2 Å². The second kappa shape index (κ2) is 9.32. The Morgan fingerprint density at radius 1 is 1.00 bits per heavy atom. The van der Waals surface area contributed by atoms with E-state index in [9.17, 15) is 0 Å². The van der Waals surface area contributed by atoms with Crippen molar-refractivity contribution < 1.29 is 0 Å². The van der Waals surface area contributed by atoms with Gasteiger partial charge in [0.2, 0.25) is 5.95 Å². The molecule has 30 heavy (non-hydrogen) atoms. The van der Waals surface area contributed by atoms with E-state index in [0.29, 0.717) is 11.6 Å². The molecule has 0 aliphatic heterocycles. The number of rotatable bonds is 6. The van der Waals surface area contributed by atoms with Crippen LogP contribution in [-0.4, -0.2) is 31.5 Å². The minimum absolute atomic E-state index is 0.687. The van der Waals surface area contributed by atoms with Crippen molar-refractivity contribution in [3.63, 3.8) is 0 Å².